The Morgan fingerprint density at radius 2 is 1.72 bits per heavy atom. The summed E-state index contributed by atoms with van der Waals surface area (Å²) in [4.78, 5) is 11.9. The number of nitrogens with zero attached hydrogens (tertiary/aromatic N) is 5. The van der Waals surface area contributed by atoms with Crippen LogP contribution in [0.5, 0.6) is 11.5 Å². The van der Waals surface area contributed by atoms with Crippen molar-refractivity contribution in [1.82, 2.24) is 24.6 Å². The Hall–Kier alpha value is -3.25. The minimum atomic E-state index is -0.844. The van der Waals surface area contributed by atoms with Crippen LogP contribution in [-0.4, -0.2) is 44.3 Å². The number of piperidine rings is 1. The molecule has 0 N–H and O–H groups in total. The molecule has 0 atom stereocenters. The minimum Gasteiger partial charge on any atom is -0.457 e. The van der Waals surface area contributed by atoms with Crippen LogP contribution < -0.4 is 4.74 Å². The number of para-hydroxylation sites is 1. The predicted molar refractivity (Wildman–Crippen MR) is 146 cm³/mol. The van der Waals surface area contributed by atoms with E-state index >= 15 is 0 Å². The summed E-state index contributed by atoms with van der Waals surface area (Å²) in [5, 5.41) is 6.00. The molecule has 5 rings (SSSR count). The van der Waals surface area contributed by atoms with Crippen LogP contribution in [0.4, 0.5) is 0 Å². The smallest absolute Gasteiger partial charge is 0.162 e. The number of benzene rings is 2. The molecule has 0 spiro atoms. The molecule has 188 valence electrons. The van der Waals surface area contributed by atoms with Crippen molar-refractivity contribution < 1.29 is 6.11 Å². The average molecular weight is 486 g/mol. The average Bonchev–Trinajstić information content (AvgIpc) is 3.22. The number of hydrogen-bond donors (Lipinski definition) is 0. The molecule has 0 unspecified atom stereocenters. The Balaban J connectivity index is 1.52. The van der Waals surface area contributed by atoms with Crippen LogP contribution in [0.15, 0.2) is 48.5 Å². The molecule has 1 aliphatic rings. The van der Waals surface area contributed by atoms with E-state index in [0.717, 1.165) is 64.7 Å². The molecule has 3 heterocycles. The van der Waals surface area contributed by atoms with Gasteiger partial charge in [-0.25, -0.2) is 14.6 Å². The molecular formula is C30H37N5O. The molecule has 36 heavy (non-hydrogen) atoms. The van der Waals surface area contributed by atoms with Gasteiger partial charge in [-0.1, -0.05) is 39.0 Å². The first-order valence-electron chi connectivity index (χ1n) is 13.3. The number of hydrogen-bond acceptors (Lipinski definition) is 5. The number of aryl methyl sites for hydroxylation is 3. The molecule has 1 aliphatic heterocycles. The second-order valence-corrected chi connectivity index (χ2v) is 11.1. The van der Waals surface area contributed by atoms with Crippen molar-refractivity contribution in [2.24, 2.45) is 5.41 Å². The highest BCUT2D eigenvalue weighted by Crippen LogP contribution is 2.36. The highest BCUT2D eigenvalue weighted by molar-refractivity contribution is 5.93. The van der Waals surface area contributed by atoms with Crippen LogP contribution in [0, 0.1) is 26.2 Å². The van der Waals surface area contributed by atoms with Gasteiger partial charge in [0.1, 0.15) is 23.0 Å². The lowest BCUT2D eigenvalue weighted by atomic mass is 9.94. The van der Waals surface area contributed by atoms with E-state index in [9.17, 15) is 1.37 Å². The zero-order valence-electron chi connectivity index (χ0n) is 23.3. The van der Waals surface area contributed by atoms with Crippen LogP contribution in [-0.2, 0) is 0 Å². The molecule has 2 aromatic carbocycles. The maximum atomic E-state index is 9.48. The van der Waals surface area contributed by atoms with Crippen LogP contribution in [0.25, 0.3) is 22.3 Å². The molecule has 1 saturated heterocycles. The Morgan fingerprint density at radius 1 is 1.00 bits per heavy atom. The van der Waals surface area contributed by atoms with Gasteiger partial charge in [-0.3, -0.25) is 0 Å². The van der Waals surface area contributed by atoms with Gasteiger partial charge in [-0.05, 0) is 74.9 Å². The summed E-state index contributed by atoms with van der Waals surface area (Å²) < 4.78 is 17.5. The first kappa shape index (κ1) is 23.2. The van der Waals surface area contributed by atoms with Gasteiger partial charge < -0.3 is 9.64 Å². The summed E-state index contributed by atoms with van der Waals surface area (Å²) in [7, 11) is 0. The predicted octanol–water partition coefficient (Wildman–Crippen LogP) is 6.89. The van der Waals surface area contributed by atoms with Gasteiger partial charge in [-0.2, -0.15) is 5.10 Å². The maximum absolute atomic E-state index is 9.48. The van der Waals surface area contributed by atoms with Crippen molar-refractivity contribution in [3.05, 3.63) is 65.6 Å². The molecular weight excluding hydrogens is 446 g/mol. The maximum Gasteiger partial charge on any atom is 0.162 e. The second-order valence-electron chi connectivity index (χ2n) is 11.1. The lowest BCUT2D eigenvalue weighted by Crippen LogP contribution is -2.39. The van der Waals surface area contributed by atoms with Crippen molar-refractivity contribution >= 4 is 11.0 Å². The molecule has 2 aromatic heterocycles. The summed E-state index contributed by atoms with van der Waals surface area (Å²) in [6.07, 6.45) is 1.43. The third-order valence-electron chi connectivity index (χ3n) is 6.67. The van der Waals surface area contributed by atoms with Gasteiger partial charge in [0.2, 0.25) is 0 Å². The summed E-state index contributed by atoms with van der Waals surface area (Å²) in [6.45, 7) is 15.6. The topological polar surface area (TPSA) is 56.1 Å². The molecule has 0 saturated carbocycles. The second kappa shape index (κ2) is 9.66. The number of aromatic nitrogens is 4. The number of fused-ring (bicyclic) bond motifs is 1. The molecule has 0 amide bonds. The van der Waals surface area contributed by atoms with Gasteiger partial charge in [0, 0.05) is 25.2 Å². The Kier molecular flexibility index (Phi) is 6.22. The van der Waals surface area contributed by atoms with E-state index in [1.165, 1.54) is 0 Å². The molecule has 4 aromatic rings. The van der Waals surface area contributed by atoms with E-state index in [2.05, 4.69) is 36.7 Å². The summed E-state index contributed by atoms with van der Waals surface area (Å²) in [6, 6.07) is 15.1. The fraction of sp³-hybridized carbons (Fsp3) is 0.433. The quantitative estimate of drug-likeness (QED) is 0.308. The number of likely N-dealkylation sites (tertiary alicyclic amines) is 1. The van der Waals surface area contributed by atoms with Gasteiger partial charge in [0.15, 0.2) is 5.65 Å². The highest BCUT2D eigenvalue weighted by atomic mass is 16.5. The Bertz CT molecular complexity index is 1420. The van der Waals surface area contributed by atoms with Crippen molar-refractivity contribution in [3.8, 4) is 22.8 Å². The molecule has 1 fully saturated rings. The summed E-state index contributed by atoms with van der Waals surface area (Å²) in [5.74, 6) is 2.32. The van der Waals surface area contributed by atoms with E-state index < -0.39 is 6.02 Å². The molecule has 6 nitrogen and oxygen atoms in total. The van der Waals surface area contributed by atoms with Gasteiger partial charge >= 0.3 is 0 Å². The third kappa shape index (κ3) is 5.14. The molecule has 0 bridgehead atoms. The van der Waals surface area contributed by atoms with Crippen molar-refractivity contribution in [2.75, 3.05) is 19.6 Å². The zero-order chi connectivity index (χ0) is 26.4. The van der Waals surface area contributed by atoms with Crippen LogP contribution in [0.3, 0.4) is 0 Å². The van der Waals surface area contributed by atoms with E-state index in [-0.39, 0.29) is 5.41 Å². The van der Waals surface area contributed by atoms with Crippen molar-refractivity contribution in [1.29, 1.82) is 0 Å². The monoisotopic (exact) mass is 485 g/mol. The highest BCUT2D eigenvalue weighted by Gasteiger charge is 2.28. The first-order valence-corrected chi connectivity index (χ1v) is 12.8. The normalized spacial score (nSPS) is 16.8. The lowest BCUT2D eigenvalue weighted by Gasteiger charge is -2.36. The Morgan fingerprint density at radius 3 is 2.39 bits per heavy atom. The van der Waals surface area contributed by atoms with Crippen LogP contribution in [0.1, 0.15) is 58.1 Å². The third-order valence-corrected chi connectivity index (χ3v) is 6.67. The fourth-order valence-corrected chi connectivity index (χ4v) is 5.12. The minimum absolute atomic E-state index is 0.239. The SMILES string of the molecule is [3H]C1(n2nc(-c3ccc(Oc4ccccc4)c(C)c3)c3c(C)nc(C)nc32)CCN(CC(C)(C)C)CC1. The molecule has 6 heteroatoms. The van der Waals surface area contributed by atoms with E-state index in [1.807, 2.05) is 67.9 Å². The van der Waals surface area contributed by atoms with Crippen molar-refractivity contribution in [2.45, 2.75) is 60.4 Å². The largest absolute Gasteiger partial charge is 0.457 e. The molecule has 0 aliphatic carbocycles. The van der Waals surface area contributed by atoms with Crippen LogP contribution in [0.2, 0.25) is 0 Å². The van der Waals surface area contributed by atoms with E-state index in [0.29, 0.717) is 18.7 Å². The number of ether oxygens (including phenoxy) is 1. The van der Waals surface area contributed by atoms with E-state index in [4.69, 9.17) is 14.8 Å². The first-order chi connectivity index (χ1) is 17.5. The van der Waals surface area contributed by atoms with Crippen LogP contribution >= 0.6 is 0 Å². The van der Waals surface area contributed by atoms with Gasteiger partial charge in [0.05, 0.1) is 18.5 Å². The van der Waals surface area contributed by atoms with Crippen molar-refractivity contribution in [3.63, 3.8) is 0 Å². The van der Waals surface area contributed by atoms with Gasteiger partial charge in [0.25, 0.3) is 0 Å². The van der Waals surface area contributed by atoms with E-state index in [1.54, 1.807) is 0 Å². The van der Waals surface area contributed by atoms with Gasteiger partial charge in [-0.15, -0.1) is 0 Å². The standard InChI is InChI=1S/C30H37N5O/c1-20-18-23(12-13-26(20)36-25-10-8-7-9-11-25)28-27-21(2)31-22(3)32-29(27)35(33-28)24-14-16-34(17-15-24)19-30(4,5)6/h7-13,18,24H,14-17,19H2,1-6H3/i24T. The molecule has 0 radical (unpaired) electrons. The zero-order valence-corrected chi connectivity index (χ0v) is 22.3. The summed E-state index contributed by atoms with van der Waals surface area (Å²) in [5.41, 5.74) is 4.70. The fourth-order valence-electron chi connectivity index (χ4n) is 5.12. The Labute approximate surface area is 215 Å². The lowest BCUT2D eigenvalue weighted by molar-refractivity contribution is 0.136. The summed E-state index contributed by atoms with van der Waals surface area (Å²) >= 11 is 0. The number of rotatable bonds is 5.